The molecule has 1 aromatic rings. The lowest BCUT2D eigenvalue weighted by Crippen LogP contribution is -2.11. The average Bonchev–Trinajstić information content (AvgIpc) is 2.02. The predicted molar refractivity (Wildman–Crippen MR) is 60.6 cm³/mol. The minimum Gasteiger partial charge on any atom is -0.380 e. The Morgan fingerprint density at radius 1 is 1.14 bits per heavy atom. The van der Waals surface area contributed by atoms with Crippen LogP contribution in [0.25, 0.3) is 0 Å². The predicted octanol–water partition coefficient (Wildman–Crippen LogP) is 3.44. The van der Waals surface area contributed by atoms with E-state index in [9.17, 15) is 0 Å². The van der Waals surface area contributed by atoms with Crippen LogP contribution in [0.4, 0.5) is 0 Å². The number of hydrogen-bond acceptors (Lipinski definition) is 1. The Morgan fingerprint density at radius 3 is 2.29 bits per heavy atom. The molecule has 0 bridgehead atoms. The maximum absolute atomic E-state index is 5.15. The fourth-order valence-electron chi connectivity index (χ4n) is 1.55. The van der Waals surface area contributed by atoms with Crippen molar-refractivity contribution in [2.75, 3.05) is 7.11 Å². The lowest BCUT2D eigenvalue weighted by molar-refractivity contribution is 0.184. The van der Waals surface area contributed by atoms with Crippen molar-refractivity contribution in [2.45, 2.75) is 39.7 Å². The molecule has 0 radical (unpaired) electrons. The lowest BCUT2D eigenvalue weighted by atomic mass is 9.85. The first-order chi connectivity index (χ1) is 6.43. The highest BCUT2D eigenvalue weighted by atomic mass is 16.5. The quantitative estimate of drug-likeness (QED) is 0.697. The van der Waals surface area contributed by atoms with Gasteiger partial charge >= 0.3 is 0 Å². The smallest absolute Gasteiger partial charge is 0.0713 e. The molecule has 0 aromatic heterocycles. The molecule has 0 aliphatic heterocycles. The largest absolute Gasteiger partial charge is 0.380 e. The molecule has 78 valence electrons. The van der Waals surface area contributed by atoms with Crippen LogP contribution in [-0.2, 0) is 16.8 Å². The summed E-state index contributed by atoms with van der Waals surface area (Å²) in [5.74, 6) is 0. The zero-order valence-electron chi connectivity index (χ0n) is 9.85. The molecule has 1 aromatic carbocycles. The number of benzene rings is 1. The molecule has 1 nitrogen and oxygen atoms in total. The maximum Gasteiger partial charge on any atom is 0.0713 e. The van der Waals surface area contributed by atoms with Gasteiger partial charge in [-0.1, -0.05) is 44.5 Å². The van der Waals surface area contributed by atoms with Crippen LogP contribution in [0.15, 0.2) is 18.2 Å². The molecule has 0 N–H and O–H groups in total. The second-order valence-electron chi connectivity index (χ2n) is 4.89. The summed E-state index contributed by atoms with van der Waals surface area (Å²) in [5.41, 5.74) is 4.17. The van der Waals surface area contributed by atoms with Crippen LogP contribution in [0.2, 0.25) is 0 Å². The molecule has 0 amide bonds. The van der Waals surface area contributed by atoms with Crippen molar-refractivity contribution in [2.24, 2.45) is 0 Å². The van der Waals surface area contributed by atoms with E-state index >= 15 is 0 Å². The number of ether oxygens (including phenoxy) is 1. The topological polar surface area (TPSA) is 9.23 Å². The molecule has 1 rings (SSSR count). The standard InChI is InChI=1S/C13H20O/c1-10-6-11(9-14-5)8-12(7-10)13(2,3)4/h6-8H,9H2,1-5H3. The van der Waals surface area contributed by atoms with Crippen molar-refractivity contribution in [1.29, 1.82) is 0 Å². The highest BCUT2D eigenvalue weighted by Crippen LogP contribution is 2.24. The van der Waals surface area contributed by atoms with Crippen molar-refractivity contribution >= 4 is 0 Å². The molecular weight excluding hydrogens is 172 g/mol. The zero-order chi connectivity index (χ0) is 10.8. The fraction of sp³-hybridized carbons (Fsp3) is 0.538. The second-order valence-corrected chi connectivity index (χ2v) is 4.89. The summed E-state index contributed by atoms with van der Waals surface area (Å²) in [6, 6.07) is 6.66. The first-order valence-electron chi connectivity index (χ1n) is 5.03. The SMILES string of the molecule is COCc1cc(C)cc(C(C)(C)C)c1. The third-order valence-corrected chi connectivity index (χ3v) is 2.31. The Bertz CT molecular complexity index is 308. The molecule has 0 unspecified atom stereocenters. The van der Waals surface area contributed by atoms with Gasteiger partial charge in [0.25, 0.3) is 0 Å². The van der Waals surface area contributed by atoms with Crippen LogP contribution in [0.3, 0.4) is 0 Å². The molecule has 0 heterocycles. The van der Waals surface area contributed by atoms with E-state index in [1.54, 1.807) is 7.11 Å². The minimum atomic E-state index is 0.217. The summed E-state index contributed by atoms with van der Waals surface area (Å²) in [6.45, 7) is 9.54. The van der Waals surface area contributed by atoms with Crippen LogP contribution >= 0.6 is 0 Å². The summed E-state index contributed by atoms with van der Waals surface area (Å²) in [7, 11) is 1.74. The molecule has 14 heavy (non-hydrogen) atoms. The Hall–Kier alpha value is -0.820. The van der Waals surface area contributed by atoms with E-state index in [0.717, 1.165) is 0 Å². The highest BCUT2D eigenvalue weighted by molar-refractivity contribution is 5.33. The van der Waals surface area contributed by atoms with Crippen molar-refractivity contribution in [1.82, 2.24) is 0 Å². The van der Waals surface area contributed by atoms with E-state index in [1.807, 2.05) is 0 Å². The third kappa shape index (κ3) is 2.85. The maximum atomic E-state index is 5.15. The van der Waals surface area contributed by atoms with Crippen LogP contribution in [0.5, 0.6) is 0 Å². The van der Waals surface area contributed by atoms with Gasteiger partial charge in [0.05, 0.1) is 6.61 Å². The van der Waals surface area contributed by atoms with Gasteiger partial charge in [0.2, 0.25) is 0 Å². The van der Waals surface area contributed by atoms with Crippen molar-refractivity contribution in [3.8, 4) is 0 Å². The van der Waals surface area contributed by atoms with Gasteiger partial charge in [0.15, 0.2) is 0 Å². The van der Waals surface area contributed by atoms with Gasteiger partial charge in [-0.05, 0) is 23.5 Å². The van der Waals surface area contributed by atoms with E-state index in [0.29, 0.717) is 6.61 Å². The Balaban J connectivity index is 3.07. The summed E-state index contributed by atoms with van der Waals surface area (Å²) < 4.78 is 5.15. The van der Waals surface area contributed by atoms with Crippen molar-refractivity contribution in [3.63, 3.8) is 0 Å². The number of aryl methyl sites for hydroxylation is 1. The monoisotopic (exact) mass is 192 g/mol. The van der Waals surface area contributed by atoms with Crippen molar-refractivity contribution in [3.05, 3.63) is 34.9 Å². The van der Waals surface area contributed by atoms with E-state index < -0.39 is 0 Å². The second kappa shape index (κ2) is 4.14. The van der Waals surface area contributed by atoms with E-state index in [2.05, 4.69) is 45.9 Å². The molecule has 1 heteroatoms. The zero-order valence-corrected chi connectivity index (χ0v) is 9.85. The normalized spacial score (nSPS) is 11.8. The number of hydrogen-bond donors (Lipinski definition) is 0. The molecular formula is C13H20O. The Kier molecular flexibility index (Phi) is 3.33. The van der Waals surface area contributed by atoms with Crippen LogP contribution in [0.1, 0.15) is 37.5 Å². The van der Waals surface area contributed by atoms with Gasteiger partial charge in [-0.15, -0.1) is 0 Å². The molecule has 0 fully saturated rings. The Labute approximate surface area is 87.1 Å². The number of methoxy groups -OCH3 is 1. The van der Waals surface area contributed by atoms with E-state index in [4.69, 9.17) is 4.74 Å². The van der Waals surface area contributed by atoms with E-state index in [1.165, 1.54) is 16.7 Å². The first-order valence-corrected chi connectivity index (χ1v) is 5.03. The van der Waals surface area contributed by atoms with Gasteiger partial charge in [-0.2, -0.15) is 0 Å². The number of rotatable bonds is 2. The Morgan fingerprint density at radius 2 is 1.79 bits per heavy atom. The van der Waals surface area contributed by atoms with Gasteiger partial charge in [0, 0.05) is 7.11 Å². The highest BCUT2D eigenvalue weighted by Gasteiger charge is 2.14. The molecule has 0 aliphatic carbocycles. The minimum absolute atomic E-state index is 0.217. The lowest BCUT2D eigenvalue weighted by Gasteiger charge is -2.20. The van der Waals surface area contributed by atoms with Crippen molar-refractivity contribution < 1.29 is 4.74 Å². The molecule has 0 saturated carbocycles. The van der Waals surface area contributed by atoms with Crippen LogP contribution < -0.4 is 0 Å². The third-order valence-electron chi connectivity index (χ3n) is 2.31. The summed E-state index contributed by atoms with van der Waals surface area (Å²) >= 11 is 0. The molecule has 0 atom stereocenters. The van der Waals surface area contributed by atoms with Gasteiger partial charge in [-0.25, -0.2) is 0 Å². The van der Waals surface area contributed by atoms with Gasteiger partial charge in [-0.3, -0.25) is 0 Å². The summed E-state index contributed by atoms with van der Waals surface area (Å²) in [5, 5.41) is 0. The van der Waals surface area contributed by atoms with Gasteiger partial charge in [0.1, 0.15) is 0 Å². The first kappa shape index (κ1) is 11.3. The average molecular weight is 192 g/mol. The van der Waals surface area contributed by atoms with Crippen LogP contribution in [-0.4, -0.2) is 7.11 Å². The van der Waals surface area contributed by atoms with Crippen LogP contribution in [0, 0.1) is 6.92 Å². The molecule has 0 saturated heterocycles. The molecule has 0 aliphatic rings. The summed E-state index contributed by atoms with van der Waals surface area (Å²) in [6.07, 6.45) is 0. The summed E-state index contributed by atoms with van der Waals surface area (Å²) in [4.78, 5) is 0. The fourth-order valence-corrected chi connectivity index (χ4v) is 1.55. The van der Waals surface area contributed by atoms with Gasteiger partial charge < -0.3 is 4.74 Å². The molecule has 0 spiro atoms. The van der Waals surface area contributed by atoms with E-state index in [-0.39, 0.29) is 5.41 Å².